The first-order chi connectivity index (χ1) is 29.0. The second-order valence-corrected chi connectivity index (χ2v) is 17.9. The van der Waals surface area contributed by atoms with Crippen molar-refractivity contribution in [3.63, 3.8) is 0 Å². The van der Waals surface area contributed by atoms with Crippen LogP contribution in [0.1, 0.15) is 194 Å². The third-order valence-electron chi connectivity index (χ3n) is 10.7. The zero-order valence-corrected chi connectivity index (χ0v) is 38.1. The highest BCUT2D eigenvalue weighted by molar-refractivity contribution is 7.85. The predicted molar refractivity (Wildman–Crippen MR) is 238 cm³/mol. The number of ether oxygens (including phenoxy) is 4. The van der Waals surface area contributed by atoms with Gasteiger partial charge in [-0.15, -0.1) is 0 Å². The smallest absolute Gasteiger partial charge is 0.306 e. The first-order valence-electron chi connectivity index (χ1n) is 23.5. The number of esters is 2. The van der Waals surface area contributed by atoms with Gasteiger partial charge in [0, 0.05) is 12.8 Å². The summed E-state index contributed by atoms with van der Waals surface area (Å²) in [4.78, 5) is 25.4. The molecule has 6 atom stereocenters. The van der Waals surface area contributed by atoms with Crippen LogP contribution in [0.2, 0.25) is 0 Å². The number of carbonyl (C=O) groups is 2. The minimum atomic E-state index is -4.61. The largest absolute Gasteiger partial charge is 0.462 e. The van der Waals surface area contributed by atoms with Gasteiger partial charge in [0.15, 0.2) is 12.4 Å². The predicted octanol–water partition coefficient (Wildman–Crippen LogP) is 9.78. The van der Waals surface area contributed by atoms with Crippen LogP contribution in [0.4, 0.5) is 0 Å². The van der Waals surface area contributed by atoms with E-state index < -0.39 is 71.2 Å². The number of rotatable bonds is 39. The number of aliphatic hydroxyl groups is 3. The topological polar surface area (TPSA) is 186 Å². The van der Waals surface area contributed by atoms with Crippen molar-refractivity contribution in [2.24, 2.45) is 0 Å². The summed E-state index contributed by atoms with van der Waals surface area (Å²) in [5, 5.41) is 30.9. The number of aliphatic hydroxyl groups excluding tert-OH is 3. The number of hydrogen-bond donors (Lipinski definition) is 4. The van der Waals surface area contributed by atoms with Crippen LogP contribution in [0.3, 0.4) is 0 Å². The monoisotopic (exact) mass is 873 g/mol. The molecule has 0 amide bonds. The van der Waals surface area contributed by atoms with E-state index in [1.807, 2.05) is 12.2 Å². The second kappa shape index (κ2) is 37.4. The molecule has 0 saturated carbocycles. The highest BCUT2D eigenvalue weighted by atomic mass is 32.2. The van der Waals surface area contributed by atoms with Crippen molar-refractivity contribution in [1.82, 2.24) is 0 Å². The van der Waals surface area contributed by atoms with Crippen LogP contribution in [0.5, 0.6) is 0 Å². The molecule has 1 fully saturated rings. The molecule has 60 heavy (non-hydrogen) atoms. The summed E-state index contributed by atoms with van der Waals surface area (Å²) < 4.78 is 54.0. The zero-order chi connectivity index (χ0) is 44.1. The van der Waals surface area contributed by atoms with Gasteiger partial charge in [-0.25, -0.2) is 0 Å². The fraction of sp³-hybridized carbons (Fsp3) is 0.830. The van der Waals surface area contributed by atoms with Crippen LogP contribution in [0.15, 0.2) is 36.5 Å². The number of hydrogen-bond acceptors (Lipinski definition) is 11. The maximum atomic E-state index is 12.8. The molecule has 0 spiro atoms. The minimum Gasteiger partial charge on any atom is -0.462 e. The lowest BCUT2D eigenvalue weighted by Gasteiger charge is -2.40. The molecule has 0 aromatic carbocycles. The Morgan fingerprint density at radius 3 is 1.53 bits per heavy atom. The van der Waals surface area contributed by atoms with Crippen LogP contribution in [0, 0.1) is 0 Å². The van der Waals surface area contributed by atoms with Gasteiger partial charge in [0.05, 0.1) is 6.61 Å². The molecular formula is C47H84O12S. The molecule has 0 aromatic heterocycles. The maximum absolute atomic E-state index is 12.8. The van der Waals surface area contributed by atoms with E-state index in [9.17, 15) is 37.9 Å². The Morgan fingerprint density at radius 2 is 1.02 bits per heavy atom. The van der Waals surface area contributed by atoms with Gasteiger partial charge in [-0.3, -0.25) is 14.1 Å². The molecule has 1 saturated heterocycles. The number of unbranched alkanes of at least 4 members (excludes halogenated alkanes) is 21. The lowest BCUT2D eigenvalue weighted by Crippen LogP contribution is -2.60. The fourth-order valence-electron chi connectivity index (χ4n) is 7.05. The Bertz CT molecular complexity index is 1250. The van der Waals surface area contributed by atoms with Gasteiger partial charge in [-0.1, -0.05) is 172 Å². The number of allylic oxidation sites excluding steroid dienone is 6. The first kappa shape index (κ1) is 55.9. The first-order valence-corrected chi connectivity index (χ1v) is 25.2. The zero-order valence-electron chi connectivity index (χ0n) is 37.3. The summed E-state index contributed by atoms with van der Waals surface area (Å²) in [6.45, 7) is 3.72. The molecule has 0 aliphatic carbocycles. The third-order valence-corrected chi connectivity index (χ3v) is 11.5. The molecule has 1 heterocycles. The van der Waals surface area contributed by atoms with Crippen molar-refractivity contribution in [3.8, 4) is 0 Å². The van der Waals surface area contributed by atoms with E-state index in [2.05, 4.69) is 38.2 Å². The van der Waals surface area contributed by atoms with Crippen LogP contribution in [-0.2, 0) is 38.7 Å². The molecule has 0 radical (unpaired) electrons. The van der Waals surface area contributed by atoms with E-state index in [4.69, 9.17) is 18.9 Å². The maximum Gasteiger partial charge on any atom is 0.306 e. The van der Waals surface area contributed by atoms with Gasteiger partial charge in [0.1, 0.15) is 36.8 Å². The molecule has 4 N–H and O–H groups in total. The fourth-order valence-corrected chi connectivity index (χ4v) is 7.74. The summed E-state index contributed by atoms with van der Waals surface area (Å²) >= 11 is 0. The summed E-state index contributed by atoms with van der Waals surface area (Å²) in [6, 6.07) is 0. The van der Waals surface area contributed by atoms with Gasteiger partial charge >= 0.3 is 11.9 Å². The van der Waals surface area contributed by atoms with Gasteiger partial charge < -0.3 is 34.3 Å². The van der Waals surface area contributed by atoms with Crippen molar-refractivity contribution >= 4 is 22.1 Å². The van der Waals surface area contributed by atoms with E-state index in [-0.39, 0.29) is 19.4 Å². The van der Waals surface area contributed by atoms with Crippen molar-refractivity contribution in [3.05, 3.63) is 36.5 Å². The van der Waals surface area contributed by atoms with E-state index >= 15 is 0 Å². The van der Waals surface area contributed by atoms with E-state index in [0.717, 1.165) is 38.5 Å². The van der Waals surface area contributed by atoms with Crippen LogP contribution >= 0.6 is 0 Å². The second-order valence-electron chi connectivity index (χ2n) is 16.4. The molecule has 0 bridgehead atoms. The number of carbonyl (C=O) groups excluding carboxylic acids is 2. The summed E-state index contributed by atoms with van der Waals surface area (Å²) in [6.07, 6.45) is 33.4. The average molecular weight is 873 g/mol. The molecular weight excluding hydrogens is 789 g/mol. The van der Waals surface area contributed by atoms with Crippen LogP contribution in [0.25, 0.3) is 0 Å². The van der Waals surface area contributed by atoms with E-state index in [1.54, 1.807) is 0 Å². The van der Waals surface area contributed by atoms with E-state index in [1.165, 1.54) is 109 Å². The van der Waals surface area contributed by atoms with Gasteiger partial charge in [-0.2, -0.15) is 8.42 Å². The molecule has 0 aromatic rings. The highest BCUT2D eigenvalue weighted by Crippen LogP contribution is 2.24. The minimum absolute atomic E-state index is 0.0943. The third kappa shape index (κ3) is 31.7. The van der Waals surface area contributed by atoms with E-state index in [0.29, 0.717) is 19.3 Å². The lowest BCUT2D eigenvalue weighted by molar-refractivity contribution is -0.297. The van der Waals surface area contributed by atoms with Crippen molar-refractivity contribution in [2.75, 3.05) is 19.0 Å². The Morgan fingerprint density at radius 1 is 0.567 bits per heavy atom. The molecule has 1 aliphatic rings. The lowest BCUT2D eigenvalue weighted by atomic mass is 10.00. The average Bonchev–Trinajstić information content (AvgIpc) is 3.21. The quantitative estimate of drug-likeness (QED) is 0.0199. The molecule has 1 rings (SSSR count). The van der Waals surface area contributed by atoms with Crippen molar-refractivity contribution < 1.29 is 56.8 Å². The molecule has 12 nitrogen and oxygen atoms in total. The Kier molecular flexibility index (Phi) is 34.9. The summed E-state index contributed by atoms with van der Waals surface area (Å²) in [5.74, 6) is -2.04. The van der Waals surface area contributed by atoms with Gasteiger partial charge in [0.25, 0.3) is 10.1 Å². The normalized spacial score (nSPS) is 20.4. The van der Waals surface area contributed by atoms with Crippen LogP contribution < -0.4 is 0 Å². The van der Waals surface area contributed by atoms with Crippen LogP contribution in [-0.4, -0.2) is 96.0 Å². The van der Waals surface area contributed by atoms with Crippen molar-refractivity contribution in [1.29, 1.82) is 0 Å². The van der Waals surface area contributed by atoms with Gasteiger partial charge in [-0.05, 0) is 44.9 Å². The molecule has 1 aliphatic heterocycles. The Hall–Kier alpha value is -2.13. The highest BCUT2D eigenvalue weighted by Gasteiger charge is 2.46. The molecule has 2 unspecified atom stereocenters. The standard InChI is InChI=1S/C47H84O12S/c1-3-5-7-9-11-13-15-17-19-20-22-24-26-28-30-32-34-36-43(49)58-40(38-57-47-46(52)45(51)44(50)41(59-47)39-60(53,54)55)37-56-42(48)35-33-31-29-27-25-23-21-18-16-14-12-10-8-6-4-2/h17,19,22,24,28,30,40-41,44-47,50-52H,3-16,18,20-21,23,25-27,29,31-39H2,1-2H3,(H,53,54,55)/b19-17+,24-22+,30-28+/t40-,41-,44-,45?,46?,47+/m1/s1. The molecule has 350 valence electrons. The van der Waals surface area contributed by atoms with Gasteiger partial charge in [0.2, 0.25) is 0 Å². The summed E-state index contributed by atoms with van der Waals surface area (Å²) in [5.41, 5.74) is 0. The van der Waals surface area contributed by atoms with Crippen molar-refractivity contribution in [2.45, 2.75) is 230 Å². The Balaban J connectivity index is 2.47. The summed E-state index contributed by atoms with van der Waals surface area (Å²) in [7, 11) is -4.61. The molecule has 13 heteroatoms. The Labute approximate surface area is 363 Å². The SMILES string of the molecule is CCCCCCCC/C=C/C/C=C/C/C=C/CCCC(=O)O[C@H](COC(=O)CCCCCCCCCCCCCCCCC)CO[C@H]1O[C@H](CS(=O)(=O)O)[C@@H](O)C(O)C1O.